The van der Waals surface area contributed by atoms with Crippen molar-refractivity contribution in [1.82, 2.24) is 4.90 Å². The zero-order valence-corrected chi connectivity index (χ0v) is 12.9. The first-order valence-corrected chi connectivity index (χ1v) is 7.47. The number of nitrogens with zero attached hydrogens (tertiary/aromatic N) is 1. The molecule has 4 nitrogen and oxygen atoms in total. The summed E-state index contributed by atoms with van der Waals surface area (Å²) in [6.45, 7) is 1.76. The molecule has 0 radical (unpaired) electrons. The van der Waals surface area contributed by atoms with Gasteiger partial charge in [0, 0.05) is 26.7 Å². The predicted molar refractivity (Wildman–Crippen MR) is 77.8 cm³/mol. The van der Waals surface area contributed by atoms with E-state index in [1.165, 1.54) is 12.1 Å². The smallest absolute Gasteiger partial charge is 0.385 e. The summed E-state index contributed by atoms with van der Waals surface area (Å²) in [5.74, 6) is 0.0160. The third-order valence-corrected chi connectivity index (χ3v) is 3.77. The van der Waals surface area contributed by atoms with Crippen LogP contribution in [0.2, 0.25) is 0 Å². The summed E-state index contributed by atoms with van der Waals surface area (Å²) in [5, 5.41) is 0. The van der Waals surface area contributed by atoms with E-state index in [0.29, 0.717) is 44.7 Å². The number of rotatable bonds is 5. The second-order valence-electron chi connectivity index (χ2n) is 5.42. The van der Waals surface area contributed by atoms with Gasteiger partial charge in [-0.1, -0.05) is 12.1 Å². The highest BCUT2D eigenvalue weighted by Crippen LogP contribution is 2.31. The lowest BCUT2D eigenvalue weighted by atomic mass is 10.0. The van der Waals surface area contributed by atoms with Crippen LogP contribution < -0.4 is 0 Å². The fraction of sp³-hybridized carbons (Fsp3) is 0.562. The molecule has 1 aliphatic rings. The Morgan fingerprint density at radius 2 is 2.04 bits per heavy atom. The minimum Gasteiger partial charge on any atom is -0.385 e. The van der Waals surface area contributed by atoms with Crippen molar-refractivity contribution in [2.75, 3.05) is 33.4 Å². The Labute approximate surface area is 133 Å². The maximum absolute atomic E-state index is 12.6. The van der Waals surface area contributed by atoms with Crippen LogP contribution in [0.4, 0.5) is 13.2 Å². The summed E-state index contributed by atoms with van der Waals surface area (Å²) < 4.78 is 48.3. The molecule has 1 saturated heterocycles. The van der Waals surface area contributed by atoms with Gasteiger partial charge in [0.2, 0.25) is 5.91 Å². The van der Waals surface area contributed by atoms with E-state index in [4.69, 9.17) is 9.47 Å². The fourth-order valence-corrected chi connectivity index (χ4v) is 2.49. The van der Waals surface area contributed by atoms with Crippen LogP contribution >= 0.6 is 0 Å². The van der Waals surface area contributed by atoms with Crippen LogP contribution in [0.5, 0.6) is 0 Å². The second kappa shape index (κ2) is 7.79. The van der Waals surface area contributed by atoms with Crippen LogP contribution in [-0.2, 0) is 20.4 Å². The zero-order valence-electron chi connectivity index (χ0n) is 12.9. The summed E-state index contributed by atoms with van der Waals surface area (Å²) in [4.78, 5) is 13.8. The molecule has 1 aromatic carbocycles. The molecule has 0 aliphatic carbocycles. The molecule has 1 fully saturated rings. The van der Waals surface area contributed by atoms with E-state index >= 15 is 0 Å². The van der Waals surface area contributed by atoms with Crippen LogP contribution in [-0.4, -0.2) is 44.2 Å². The van der Waals surface area contributed by atoms with Gasteiger partial charge >= 0.3 is 6.18 Å². The van der Waals surface area contributed by atoms with Gasteiger partial charge in [0.1, 0.15) is 6.10 Å². The second-order valence-corrected chi connectivity index (χ2v) is 5.42. The Balaban J connectivity index is 1.96. The third-order valence-electron chi connectivity index (χ3n) is 3.77. The Hall–Kier alpha value is -1.60. The predicted octanol–water partition coefficient (Wildman–Crippen LogP) is 3.03. The monoisotopic (exact) mass is 331 g/mol. The molecule has 0 spiro atoms. The lowest BCUT2D eigenvalue weighted by Gasteiger charge is -2.33. The van der Waals surface area contributed by atoms with Crippen LogP contribution in [0.25, 0.3) is 0 Å². The van der Waals surface area contributed by atoms with Gasteiger partial charge in [-0.05, 0) is 24.1 Å². The molecular formula is C16H20F3NO3. The van der Waals surface area contributed by atoms with E-state index < -0.39 is 17.8 Å². The number of morpholine rings is 1. The average molecular weight is 331 g/mol. The number of alkyl halides is 3. The molecule has 2 rings (SSSR count). The Kier molecular flexibility index (Phi) is 6.01. The van der Waals surface area contributed by atoms with Gasteiger partial charge in [-0.2, -0.15) is 13.2 Å². The molecule has 23 heavy (non-hydrogen) atoms. The maximum Gasteiger partial charge on any atom is 0.416 e. The van der Waals surface area contributed by atoms with Crippen molar-refractivity contribution in [2.24, 2.45) is 0 Å². The van der Waals surface area contributed by atoms with Gasteiger partial charge in [0.05, 0.1) is 18.7 Å². The highest BCUT2D eigenvalue weighted by atomic mass is 19.4. The molecular weight excluding hydrogens is 311 g/mol. The number of halogens is 3. The lowest BCUT2D eigenvalue weighted by molar-refractivity contribution is -0.139. The van der Waals surface area contributed by atoms with Crippen molar-refractivity contribution in [3.8, 4) is 0 Å². The molecule has 0 unspecified atom stereocenters. The first-order chi connectivity index (χ1) is 10.9. The van der Waals surface area contributed by atoms with Gasteiger partial charge < -0.3 is 14.4 Å². The number of benzene rings is 1. The van der Waals surface area contributed by atoms with Crippen molar-refractivity contribution < 1.29 is 27.4 Å². The molecule has 0 bridgehead atoms. The SMILES string of the molecule is COCCCC(=O)N1CCO[C@H](c2ccc(C(F)(F)F)cc2)C1. The summed E-state index contributed by atoms with van der Waals surface area (Å²) in [6, 6.07) is 4.90. The minimum absolute atomic E-state index is 0.0160. The Morgan fingerprint density at radius 3 is 2.65 bits per heavy atom. The Bertz CT molecular complexity index is 516. The van der Waals surface area contributed by atoms with Crippen molar-refractivity contribution in [3.05, 3.63) is 35.4 Å². The minimum atomic E-state index is -4.35. The van der Waals surface area contributed by atoms with Gasteiger partial charge in [0.15, 0.2) is 0 Å². The van der Waals surface area contributed by atoms with Crippen LogP contribution in [0.1, 0.15) is 30.1 Å². The van der Waals surface area contributed by atoms with Gasteiger partial charge in [-0.15, -0.1) is 0 Å². The number of hydrogen-bond donors (Lipinski definition) is 0. The topological polar surface area (TPSA) is 38.8 Å². The van der Waals surface area contributed by atoms with E-state index in [-0.39, 0.29) is 5.91 Å². The highest BCUT2D eigenvalue weighted by Gasteiger charge is 2.31. The zero-order chi connectivity index (χ0) is 16.9. The molecule has 1 aromatic rings. The van der Waals surface area contributed by atoms with E-state index in [0.717, 1.165) is 12.1 Å². The molecule has 0 aromatic heterocycles. The van der Waals surface area contributed by atoms with Gasteiger partial charge in [0.25, 0.3) is 0 Å². The standard InChI is InChI=1S/C16H20F3NO3/c1-22-9-2-3-15(21)20-8-10-23-14(11-20)12-4-6-13(7-5-12)16(17,18)19/h4-7,14H,2-3,8-11H2,1H3/t14-/m0/s1. The molecule has 128 valence electrons. The Morgan fingerprint density at radius 1 is 1.35 bits per heavy atom. The summed E-state index contributed by atoms with van der Waals surface area (Å²) in [7, 11) is 1.58. The van der Waals surface area contributed by atoms with E-state index in [9.17, 15) is 18.0 Å². The number of methoxy groups -OCH3 is 1. The van der Waals surface area contributed by atoms with E-state index in [1.54, 1.807) is 12.0 Å². The summed E-state index contributed by atoms with van der Waals surface area (Å²) in [6.07, 6.45) is -3.70. The number of carbonyl (C=O) groups is 1. The van der Waals surface area contributed by atoms with Gasteiger partial charge in [-0.25, -0.2) is 0 Å². The quantitative estimate of drug-likeness (QED) is 0.779. The molecule has 1 amide bonds. The van der Waals surface area contributed by atoms with Crippen molar-refractivity contribution in [2.45, 2.75) is 25.1 Å². The number of hydrogen-bond acceptors (Lipinski definition) is 3. The number of carbonyl (C=O) groups excluding carboxylic acids is 1. The normalized spacial score (nSPS) is 19.0. The van der Waals surface area contributed by atoms with Crippen molar-refractivity contribution >= 4 is 5.91 Å². The van der Waals surface area contributed by atoms with Crippen molar-refractivity contribution in [3.63, 3.8) is 0 Å². The molecule has 1 atom stereocenters. The first-order valence-electron chi connectivity index (χ1n) is 7.47. The van der Waals surface area contributed by atoms with Crippen molar-refractivity contribution in [1.29, 1.82) is 0 Å². The third kappa shape index (κ3) is 4.94. The summed E-state index contributed by atoms with van der Waals surface area (Å²) >= 11 is 0. The van der Waals surface area contributed by atoms with E-state index in [1.807, 2.05) is 0 Å². The van der Waals surface area contributed by atoms with Gasteiger partial charge in [-0.3, -0.25) is 4.79 Å². The molecule has 7 heteroatoms. The van der Waals surface area contributed by atoms with Crippen LogP contribution in [0.15, 0.2) is 24.3 Å². The lowest BCUT2D eigenvalue weighted by Crippen LogP contribution is -2.42. The number of ether oxygens (including phenoxy) is 2. The average Bonchev–Trinajstić information content (AvgIpc) is 2.54. The van der Waals surface area contributed by atoms with Crippen LogP contribution in [0.3, 0.4) is 0 Å². The number of amides is 1. The maximum atomic E-state index is 12.6. The first kappa shape index (κ1) is 17.7. The molecule has 0 saturated carbocycles. The molecule has 1 heterocycles. The van der Waals surface area contributed by atoms with Crippen LogP contribution in [0, 0.1) is 0 Å². The van der Waals surface area contributed by atoms with E-state index in [2.05, 4.69) is 0 Å². The molecule has 1 aliphatic heterocycles. The molecule has 0 N–H and O–H groups in total. The summed E-state index contributed by atoms with van der Waals surface area (Å²) in [5.41, 5.74) is -0.0445. The largest absolute Gasteiger partial charge is 0.416 e. The fourth-order valence-electron chi connectivity index (χ4n) is 2.49. The highest BCUT2D eigenvalue weighted by molar-refractivity contribution is 5.76.